The Morgan fingerprint density at radius 1 is 1.28 bits per heavy atom. The maximum atomic E-state index is 11.0. The van der Waals surface area contributed by atoms with Crippen LogP contribution in [-0.2, 0) is 4.74 Å². The summed E-state index contributed by atoms with van der Waals surface area (Å²) in [6, 6.07) is 5.27. The van der Waals surface area contributed by atoms with E-state index in [9.17, 15) is 4.79 Å². The molecular weight excluding hydrogens is 236 g/mol. The topological polar surface area (TPSA) is 69.2 Å². The van der Waals surface area contributed by atoms with Gasteiger partial charge in [0.15, 0.2) is 0 Å². The van der Waals surface area contributed by atoms with Crippen LogP contribution in [0.25, 0.3) is 0 Å². The van der Waals surface area contributed by atoms with E-state index in [2.05, 4.69) is 15.3 Å². The lowest BCUT2D eigenvalue weighted by Gasteiger charge is -2.05. The quantitative estimate of drug-likeness (QED) is 0.640. The Balaban J connectivity index is 2.71. The van der Waals surface area contributed by atoms with Gasteiger partial charge in [-0.25, -0.2) is 10.2 Å². The molecule has 0 radical (unpaired) electrons. The van der Waals surface area contributed by atoms with E-state index in [0.717, 1.165) is 5.56 Å². The molecule has 1 aromatic rings. The van der Waals surface area contributed by atoms with Crippen LogP contribution in [0.3, 0.4) is 0 Å². The van der Waals surface area contributed by atoms with Crippen molar-refractivity contribution in [3.05, 3.63) is 23.8 Å². The summed E-state index contributed by atoms with van der Waals surface area (Å²) >= 11 is 0. The number of carbonyl (C=O) groups excluding carboxylic acids is 1. The molecule has 1 aromatic carbocycles. The molecule has 0 atom stereocenters. The molecule has 0 bridgehead atoms. The fraction of sp³-hybridized carbons (Fsp3) is 0.333. The van der Waals surface area contributed by atoms with Gasteiger partial charge in [0.25, 0.3) is 0 Å². The molecule has 0 saturated heterocycles. The number of methoxy groups -OCH3 is 2. The number of carbonyl (C=O) groups is 1. The van der Waals surface area contributed by atoms with Crippen molar-refractivity contribution < 1.29 is 19.0 Å². The summed E-state index contributed by atoms with van der Waals surface area (Å²) < 4.78 is 14.9. The highest BCUT2D eigenvalue weighted by Crippen LogP contribution is 2.21. The molecular formula is C12H16N2O4. The number of rotatable bonds is 5. The van der Waals surface area contributed by atoms with Crippen LogP contribution in [0.2, 0.25) is 0 Å². The first-order valence-electron chi connectivity index (χ1n) is 5.38. The van der Waals surface area contributed by atoms with Crippen LogP contribution in [0.15, 0.2) is 23.3 Å². The third-order valence-corrected chi connectivity index (χ3v) is 2.02. The Kier molecular flexibility index (Phi) is 5.50. The highest BCUT2D eigenvalue weighted by atomic mass is 16.5. The van der Waals surface area contributed by atoms with E-state index in [4.69, 9.17) is 9.47 Å². The fourth-order valence-electron chi connectivity index (χ4n) is 1.23. The van der Waals surface area contributed by atoms with Crippen molar-refractivity contribution in [1.29, 1.82) is 0 Å². The summed E-state index contributed by atoms with van der Waals surface area (Å²) in [6.07, 6.45) is 0.880. The monoisotopic (exact) mass is 252 g/mol. The summed E-state index contributed by atoms with van der Waals surface area (Å²) in [4.78, 5) is 11.0. The standard InChI is InChI=1S/C12H16N2O4/c1-4-18-12(15)14-13-8-9-5-10(16-2)7-11(6-9)17-3/h5-8H,4H2,1-3H3,(H,14,15)/b13-8+. The van der Waals surface area contributed by atoms with Crippen molar-refractivity contribution in [3.8, 4) is 11.5 Å². The fourth-order valence-corrected chi connectivity index (χ4v) is 1.23. The molecule has 18 heavy (non-hydrogen) atoms. The lowest BCUT2D eigenvalue weighted by molar-refractivity contribution is 0.152. The highest BCUT2D eigenvalue weighted by molar-refractivity contribution is 5.82. The first kappa shape index (κ1) is 13.8. The number of ether oxygens (including phenoxy) is 3. The molecule has 1 N–H and O–H groups in total. The number of amides is 1. The lowest BCUT2D eigenvalue weighted by Crippen LogP contribution is -2.18. The number of hydrogen-bond donors (Lipinski definition) is 1. The first-order chi connectivity index (χ1) is 8.69. The second-order valence-corrected chi connectivity index (χ2v) is 3.24. The van der Waals surface area contributed by atoms with Crippen molar-refractivity contribution in [2.45, 2.75) is 6.92 Å². The van der Waals surface area contributed by atoms with E-state index in [0.29, 0.717) is 18.1 Å². The minimum atomic E-state index is -0.594. The van der Waals surface area contributed by atoms with E-state index in [1.165, 1.54) is 6.21 Å². The van der Waals surface area contributed by atoms with Gasteiger partial charge in [-0.15, -0.1) is 0 Å². The Bertz CT molecular complexity index is 410. The second-order valence-electron chi connectivity index (χ2n) is 3.24. The van der Waals surface area contributed by atoms with Gasteiger partial charge >= 0.3 is 6.09 Å². The predicted octanol–water partition coefficient (Wildman–Crippen LogP) is 1.78. The van der Waals surface area contributed by atoms with Gasteiger partial charge < -0.3 is 14.2 Å². The SMILES string of the molecule is CCOC(=O)N/N=C/c1cc(OC)cc(OC)c1. The van der Waals surface area contributed by atoms with Crippen LogP contribution >= 0.6 is 0 Å². The summed E-state index contributed by atoms with van der Waals surface area (Å²) in [5, 5.41) is 3.75. The Morgan fingerprint density at radius 2 is 1.89 bits per heavy atom. The van der Waals surface area contributed by atoms with E-state index >= 15 is 0 Å². The third-order valence-electron chi connectivity index (χ3n) is 2.02. The average Bonchev–Trinajstić information content (AvgIpc) is 2.38. The molecule has 0 unspecified atom stereocenters. The molecule has 1 amide bonds. The van der Waals surface area contributed by atoms with Crippen molar-refractivity contribution in [3.63, 3.8) is 0 Å². The van der Waals surface area contributed by atoms with Gasteiger partial charge in [0, 0.05) is 11.6 Å². The third kappa shape index (κ3) is 4.32. The van der Waals surface area contributed by atoms with Gasteiger partial charge in [-0.2, -0.15) is 5.10 Å². The van der Waals surface area contributed by atoms with Crippen LogP contribution in [0.4, 0.5) is 4.79 Å². The molecule has 0 aliphatic rings. The largest absolute Gasteiger partial charge is 0.497 e. The highest BCUT2D eigenvalue weighted by Gasteiger charge is 2.00. The zero-order valence-electron chi connectivity index (χ0n) is 10.6. The van der Waals surface area contributed by atoms with E-state index in [1.807, 2.05) is 0 Å². The number of hydrogen-bond acceptors (Lipinski definition) is 5. The smallest absolute Gasteiger partial charge is 0.427 e. The van der Waals surface area contributed by atoms with E-state index < -0.39 is 6.09 Å². The van der Waals surface area contributed by atoms with Crippen LogP contribution in [0, 0.1) is 0 Å². The van der Waals surface area contributed by atoms with Crippen molar-refractivity contribution in [2.75, 3.05) is 20.8 Å². The van der Waals surface area contributed by atoms with Gasteiger partial charge in [0.1, 0.15) is 11.5 Å². The van der Waals surface area contributed by atoms with Gasteiger partial charge in [-0.3, -0.25) is 0 Å². The normalized spacial score (nSPS) is 10.2. The minimum Gasteiger partial charge on any atom is -0.497 e. The zero-order chi connectivity index (χ0) is 13.4. The van der Waals surface area contributed by atoms with Crippen LogP contribution < -0.4 is 14.9 Å². The van der Waals surface area contributed by atoms with Gasteiger partial charge in [-0.1, -0.05) is 0 Å². The Morgan fingerprint density at radius 3 is 2.39 bits per heavy atom. The number of nitrogens with zero attached hydrogens (tertiary/aromatic N) is 1. The summed E-state index contributed by atoms with van der Waals surface area (Å²) in [7, 11) is 3.12. The van der Waals surface area contributed by atoms with Crippen LogP contribution in [0.1, 0.15) is 12.5 Å². The maximum absolute atomic E-state index is 11.0. The molecule has 0 heterocycles. The van der Waals surface area contributed by atoms with Gasteiger partial charge in [0.2, 0.25) is 0 Å². The number of hydrazone groups is 1. The molecule has 0 aliphatic heterocycles. The van der Waals surface area contributed by atoms with E-state index in [-0.39, 0.29) is 0 Å². The molecule has 0 fully saturated rings. The Labute approximate surface area is 106 Å². The molecule has 0 saturated carbocycles. The van der Waals surface area contributed by atoms with Crippen molar-refractivity contribution in [1.82, 2.24) is 5.43 Å². The first-order valence-corrected chi connectivity index (χ1v) is 5.38. The molecule has 0 aliphatic carbocycles. The van der Waals surface area contributed by atoms with Crippen LogP contribution in [0.5, 0.6) is 11.5 Å². The predicted molar refractivity (Wildman–Crippen MR) is 67.3 cm³/mol. The molecule has 98 valence electrons. The van der Waals surface area contributed by atoms with Gasteiger partial charge in [-0.05, 0) is 19.1 Å². The average molecular weight is 252 g/mol. The summed E-state index contributed by atoms with van der Waals surface area (Å²) in [6.45, 7) is 2.02. The van der Waals surface area contributed by atoms with Crippen molar-refractivity contribution >= 4 is 12.3 Å². The minimum absolute atomic E-state index is 0.300. The number of benzene rings is 1. The Hall–Kier alpha value is -2.24. The van der Waals surface area contributed by atoms with E-state index in [1.54, 1.807) is 39.3 Å². The molecule has 0 spiro atoms. The molecule has 6 heteroatoms. The molecule has 1 rings (SSSR count). The lowest BCUT2D eigenvalue weighted by atomic mass is 10.2. The number of nitrogens with one attached hydrogen (secondary N) is 1. The second kappa shape index (κ2) is 7.16. The summed E-state index contributed by atoms with van der Waals surface area (Å²) in [5.41, 5.74) is 2.97. The molecule has 0 aromatic heterocycles. The van der Waals surface area contributed by atoms with Crippen LogP contribution in [-0.4, -0.2) is 33.1 Å². The summed E-state index contributed by atoms with van der Waals surface area (Å²) in [5.74, 6) is 1.29. The zero-order valence-corrected chi connectivity index (χ0v) is 10.6. The van der Waals surface area contributed by atoms with Gasteiger partial charge in [0.05, 0.1) is 27.0 Å². The van der Waals surface area contributed by atoms with Crippen molar-refractivity contribution in [2.24, 2.45) is 5.10 Å². The maximum Gasteiger partial charge on any atom is 0.427 e. The molecule has 6 nitrogen and oxygen atoms in total.